The minimum atomic E-state index is -0.438. The summed E-state index contributed by atoms with van der Waals surface area (Å²) in [4.78, 5) is 39.8. The number of hydrogen-bond donors (Lipinski definition) is 0. The van der Waals surface area contributed by atoms with Crippen molar-refractivity contribution in [3.63, 3.8) is 0 Å². The van der Waals surface area contributed by atoms with Crippen molar-refractivity contribution in [2.75, 3.05) is 0 Å². The Labute approximate surface area is 184 Å². The summed E-state index contributed by atoms with van der Waals surface area (Å²) >= 11 is 11.9. The molecule has 1 fully saturated rings. The van der Waals surface area contributed by atoms with Gasteiger partial charge >= 0.3 is 0 Å². The Balaban J connectivity index is 1.70. The largest absolute Gasteiger partial charge is 0.273 e. The number of carbonyl (C=O) groups is 3. The van der Waals surface area contributed by atoms with Gasteiger partial charge in [-0.3, -0.25) is 14.4 Å². The lowest BCUT2D eigenvalue weighted by Crippen LogP contribution is -2.49. The van der Waals surface area contributed by atoms with E-state index in [1.165, 1.54) is 5.01 Å². The van der Waals surface area contributed by atoms with Gasteiger partial charge in [0.25, 0.3) is 17.7 Å². The number of nitrogens with zero attached hydrogens (tertiary/aromatic N) is 2. The van der Waals surface area contributed by atoms with Gasteiger partial charge in [0.2, 0.25) is 0 Å². The zero-order valence-corrected chi connectivity index (χ0v) is 17.9. The van der Waals surface area contributed by atoms with Crippen LogP contribution < -0.4 is 0 Å². The zero-order chi connectivity index (χ0) is 21.4. The summed E-state index contributed by atoms with van der Waals surface area (Å²) in [5, 5.41) is 3.35. The standard InChI is InChI=1S/C23H20Cl2N2O3/c1-14-2-11-19-20(12-14)23(30)27(22(19)29)26(13-15-3-7-17(24)8-4-15)21(28)16-5-9-18(25)10-6-16/h2-10,19-20H,11-13H2,1H3/t19-,20+/m1/s1. The van der Waals surface area contributed by atoms with Crippen LogP contribution in [0.25, 0.3) is 0 Å². The second-order valence-corrected chi connectivity index (χ2v) is 8.56. The van der Waals surface area contributed by atoms with E-state index in [-0.39, 0.29) is 18.4 Å². The van der Waals surface area contributed by atoms with E-state index in [4.69, 9.17) is 23.2 Å². The molecule has 0 spiro atoms. The second kappa shape index (κ2) is 8.25. The molecule has 1 aliphatic carbocycles. The quantitative estimate of drug-likeness (QED) is 0.500. The molecule has 1 aliphatic heterocycles. The van der Waals surface area contributed by atoms with Crippen LogP contribution in [0.5, 0.6) is 0 Å². The molecule has 0 radical (unpaired) electrons. The van der Waals surface area contributed by atoms with Crippen molar-refractivity contribution in [1.29, 1.82) is 0 Å². The number of imide groups is 1. The highest BCUT2D eigenvalue weighted by Crippen LogP contribution is 2.39. The summed E-state index contributed by atoms with van der Waals surface area (Å²) in [5.74, 6) is -1.94. The maximum atomic E-state index is 13.4. The number of halogens is 2. The van der Waals surface area contributed by atoms with Gasteiger partial charge in [-0.2, -0.15) is 5.01 Å². The Morgan fingerprint density at radius 3 is 2.17 bits per heavy atom. The van der Waals surface area contributed by atoms with Gasteiger partial charge in [-0.15, -0.1) is 0 Å². The third-order valence-electron chi connectivity index (χ3n) is 5.61. The van der Waals surface area contributed by atoms with Gasteiger partial charge < -0.3 is 0 Å². The number of hydrazine groups is 1. The Morgan fingerprint density at radius 1 is 0.967 bits per heavy atom. The molecule has 1 heterocycles. The van der Waals surface area contributed by atoms with E-state index in [0.29, 0.717) is 28.5 Å². The van der Waals surface area contributed by atoms with Gasteiger partial charge in [-0.05, 0) is 61.7 Å². The maximum absolute atomic E-state index is 13.4. The monoisotopic (exact) mass is 442 g/mol. The van der Waals surface area contributed by atoms with Crippen molar-refractivity contribution in [3.8, 4) is 0 Å². The van der Waals surface area contributed by atoms with E-state index in [0.717, 1.165) is 16.1 Å². The van der Waals surface area contributed by atoms with Crippen molar-refractivity contribution in [3.05, 3.63) is 81.4 Å². The maximum Gasteiger partial charge on any atom is 0.273 e. The van der Waals surface area contributed by atoms with Crippen molar-refractivity contribution in [2.45, 2.75) is 26.3 Å². The molecule has 3 amide bonds. The normalized spacial score (nSPS) is 20.8. The first kappa shape index (κ1) is 20.6. The lowest BCUT2D eigenvalue weighted by atomic mass is 9.82. The lowest BCUT2D eigenvalue weighted by Gasteiger charge is -2.30. The van der Waals surface area contributed by atoms with E-state index in [9.17, 15) is 14.4 Å². The summed E-state index contributed by atoms with van der Waals surface area (Å²) in [6, 6.07) is 13.4. The zero-order valence-electron chi connectivity index (χ0n) is 16.3. The average Bonchev–Trinajstić information content (AvgIpc) is 2.97. The lowest BCUT2D eigenvalue weighted by molar-refractivity contribution is -0.155. The molecule has 30 heavy (non-hydrogen) atoms. The molecule has 154 valence electrons. The Bertz CT molecular complexity index is 1030. The Morgan fingerprint density at radius 2 is 1.53 bits per heavy atom. The summed E-state index contributed by atoms with van der Waals surface area (Å²) < 4.78 is 0. The highest BCUT2D eigenvalue weighted by molar-refractivity contribution is 6.30. The summed E-state index contributed by atoms with van der Waals surface area (Å²) in [5.41, 5.74) is 2.19. The molecule has 0 aromatic heterocycles. The highest BCUT2D eigenvalue weighted by Gasteiger charge is 2.51. The SMILES string of the molecule is CC1=CC[C@H]2C(=O)N(N(Cc3ccc(Cl)cc3)C(=O)c3ccc(Cl)cc3)C(=O)[C@H]2C1. The number of allylic oxidation sites excluding steroid dienone is 2. The van der Waals surface area contributed by atoms with Crippen LogP contribution in [0.2, 0.25) is 10.0 Å². The van der Waals surface area contributed by atoms with Gasteiger partial charge in [0, 0.05) is 15.6 Å². The molecule has 0 N–H and O–H groups in total. The first-order chi connectivity index (χ1) is 14.3. The molecule has 4 rings (SSSR count). The van der Waals surface area contributed by atoms with Crippen LogP contribution in [-0.2, 0) is 16.1 Å². The fourth-order valence-electron chi connectivity index (χ4n) is 4.00. The molecule has 2 aliphatic rings. The summed E-state index contributed by atoms with van der Waals surface area (Å²) in [6.07, 6.45) is 3.05. The molecule has 7 heteroatoms. The third kappa shape index (κ3) is 3.87. The fraction of sp³-hybridized carbons (Fsp3) is 0.261. The molecule has 2 aromatic carbocycles. The fourth-order valence-corrected chi connectivity index (χ4v) is 4.25. The van der Waals surface area contributed by atoms with Gasteiger partial charge in [-0.25, -0.2) is 5.01 Å². The van der Waals surface area contributed by atoms with E-state index in [2.05, 4.69) is 0 Å². The van der Waals surface area contributed by atoms with Crippen LogP contribution in [0, 0.1) is 11.8 Å². The first-order valence-electron chi connectivity index (χ1n) is 9.70. The minimum absolute atomic E-state index is 0.0714. The topological polar surface area (TPSA) is 57.7 Å². The molecule has 2 atom stereocenters. The smallest absolute Gasteiger partial charge is 0.272 e. The van der Waals surface area contributed by atoms with Crippen molar-refractivity contribution in [2.24, 2.45) is 11.8 Å². The Kier molecular flexibility index (Phi) is 5.67. The van der Waals surface area contributed by atoms with Crippen LogP contribution in [0.3, 0.4) is 0 Å². The van der Waals surface area contributed by atoms with E-state index in [1.54, 1.807) is 48.5 Å². The van der Waals surface area contributed by atoms with Gasteiger partial charge in [-0.1, -0.05) is 47.0 Å². The third-order valence-corrected chi connectivity index (χ3v) is 6.12. The summed E-state index contributed by atoms with van der Waals surface area (Å²) in [6.45, 7) is 2.03. The molecule has 0 unspecified atom stereocenters. The van der Waals surface area contributed by atoms with Gasteiger partial charge in [0.05, 0.1) is 18.4 Å². The van der Waals surface area contributed by atoms with Crippen molar-refractivity contribution >= 4 is 40.9 Å². The van der Waals surface area contributed by atoms with Crippen molar-refractivity contribution in [1.82, 2.24) is 10.0 Å². The predicted octanol–water partition coefficient (Wildman–Crippen LogP) is 4.89. The second-order valence-electron chi connectivity index (χ2n) is 7.69. The number of fused-ring (bicyclic) bond motifs is 1. The molecule has 1 saturated heterocycles. The predicted molar refractivity (Wildman–Crippen MR) is 115 cm³/mol. The van der Waals surface area contributed by atoms with Gasteiger partial charge in [0.15, 0.2) is 0 Å². The van der Waals surface area contributed by atoms with Crippen LogP contribution in [0.4, 0.5) is 0 Å². The van der Waals surface area contributed by atoms with Crippen LogP contribution in [-0.4, -0.2) is 27.7 Å². The molecule has 0 saturated carbocycles. The van der Waals surface area contributed by atoms with E-state index >= 15 is 0 Å². The number of hydrogen-bond acceptors (Lipinski definition) is 3. The highest BCUT2D eigenvalue weighted by atomic mass is 35.5. The number of rotatable bonds is 4. The molecule has 2 aromatic rings. The summed E-state index contributed by atoms with van der Waals surface area (Å²) in [7, 11) is 0. The first-order valence-corrected chi connectivity index (χ1v) is 10.5. The molecule has 5 nitrogen and oxygen atoms in total. The van der Waals surface area contributed by atoms with Crippen LogP contribution in [0.15, 0.2) is 60.2 Å². The molecule has 0 bridgehead atoms. The average molecular weight is 443 g/mol. The minimum Gasteiger partial charge on any atom is -0.272 e. The number of benzene rings is 2. The molecular weight excluding hydrogens is 423 g/mol. The van der Waals surface area contributed by atoms with Crippen LogP contribution >= 0.6 is 23.2 Å². The van der Waals surface area contributed by atoms with E-state index in [1.807, 2.05) is 13.0 Å². The van der Waals surface area contributed by atoms with Crippen LogP contribution in [0.1, 0.15) is 35.7 Å². The molecular formula is C23H20Cl2N2O3. The Hall–Kier alpha value is -2.63. The van der Waals surface area contributed by atoms with E-state index < -0.39 is 17.7 Å². The number of amides is 3. The van der Waals surface area contributed by atoms with Crippen molar-refractivity contribution < 1.29 is 14.4 Å². The van der Waals surface area contributed by atoms with Gasteiger partial charge in [0.1, 0.15) is 0 Å². The number of carbonyl (C=O) groups excluding carboxylic acids is 3.